The largest absolute Gasteiger partial charge is 0.466 e. The van der Waals surface area contributed by atoms with Crippen molar-refractivity contribution in [1.29, 1.82) is 0 Å². The summed E-state index contributed by atoms with van der Waals surface area (Å²) in [4.78, 5) is 24.7. The van der Waals surface area contributed by atoms with Crippen molar-refractivity contribution in [1.82, 2.24) is 0 Å². The number of aryl methyl sites for hydroxylation is 3. The molecular formula is C20H25NO4. The molecule has 5 heteroatoms. The fourth-order valence-corrected chi connectivity index (χ4v) is 2.68. The lowest BCUT2D eigenvalue weighted by atomic mass is 9.98. The molecule has 134 valence electrons. The summed E-state index contributed by atoms with van der Waals surface area (Å²) in [7, 11) is 0. The van der Waals surface area contributed by atoms with Gasteiger partial charge in [-0.05, 0) is 50.8 Å². The van der Waals surface area contributed by atoms with Crippen molar-refractivity contribution in [3.05, 3.63) is 52.5 Å². The minimum Gasteiger partial charge on any atom is -0.466 e. The fraction of sp³-hybridized carbons (Fsp3) is 0.400. The average molecular weight is 343 g/mol. The summed E-state index contributed by atoms with van der Waals surface area (Å²) in [5.41, 5.74) is 3.14. The van der Waals surface area contributed by atoms with Crippen molar-refractivity contribution in [3.8, 4) is 0 Å². The molecule has 0 bridgehead atoms. The molecule has 2 aromatic rings. The number of anilines is 1. The van der Waals surface area contributed by atoms with Crippen LogP contribution < -0.4 is 5.32 Å². The number of carbonyl (C=O) groups is 2. The second-order valence-corrected chi connectivity index (χ2v) is 6.56. The third kappa shape index (κ3) is 4.29. The van der Waals surface area contributed by atoms with Crippen molar-refractivity contribution < 1.29 is 18.7 Å². The van der Waals surface area contributed by atoms with Crippen molar-refractivity contribution in [2.75, 3.05) is 5.32 Å². The Morgan fingerprint density at radius 3 is 2.36 bits per heavy atom. The smallest absolute Gasteiger partial charge is 0.342 e. The minimum atomic E-state index is -0.915. The normalized spacial score (nSPS) is 12.1. The van der Waals surface area contributed by atoms with E-state index < -0.39 is 12.1 Å². The minimum absolute atomic E-state index is 0.268. The summed E-state index contributed by atoms with van der Waals surface area (Å²) >= 11 is 0. The zero-order chi connectivity index (χ0) is 18.7. The molecule has 1 N–H and O–H groups in total. The first kappa shape index (κ1) is 18.8. The maximum absolute atomic E-state index is 12.5. The highest BCUT2D eigenvalue weighted by Crippen LogP contribution is 2.27. The standard InChI is InChI=1S/C20H25NO4/c1-11(2)16-9-7-8-12(3)18(16)21-19(22)15(6)25-20(23)17-10-13(4)24-14(17)5/h7-11,15H,1-6H3,(H,21,22)/t15-/m0/s1. The van der Waals surface area contributed by atoms with E-state index in [1.807, 2.05) is 25.1 Å². The molecule has 1 amide bonds. The zero-order valence-corrected chi connectivity index (χ0v) is 15.6. The lowest BCUT2D eigenvalue weighted by Crippen LogP contribution is -2.30. The van der Waals surface area contributed by atoms with Gasteiger partial charge in [0.2, 0.25) is 0 Å². The molecule has 0 saturated carbocycles. The van der Waals surface area contributed by atoms with Crippen LogP contribution in [0.25, 0.3) is 0 Å². The first-order valence-electron chi connectivity index (χ1n) is 8.39. The van der Waals surface area contributed by atoms with Crippen LogP contribution in [0.1, 0.15) is 59.7 Å². The molecule has 0 radical (unpaired) electrons. The van der Waals surface area contributed by atoms with Crippen molar-refractivity contribution in [2.45, 2.75) is 53.6 Å². The fourth-order valence-electron chi connectivity index (χ4n) is 2.68. The summed E-state index contributed by atoms with van der Waals surface area (Å²) in [6, 6.07) is 7.51. The molecule has 25 heavy (non-hydrogen) atoms. The third-order valence-corrected chi connectivity index (χ3v) is 4.09. The Balaban J connectivity index is 2.11. The number of carbonyl (C=O) groups excluding carboxylic acids is 2. The number of para-hydroxylation sites is 1. The third-order valence-electron chi connectivity index (χ3n) is 4.09. The Labute approximate surface area is 148 Å². The quantitative estimate of drug-likeness (QED) is 0.811. The highest BCUT2D eigenvalue weighted by molar-refractivity contribution is 5.98. The Hall–Kier alpha value is -2.56. The summed E-state index contributed by atoms with van der Waals surface area (Å²) in [5, 5.41) is 2.90. The van der Waals surface area contributed by atoms with Gasteiger partial charge in [-0.1, -0.05) is 32.0 Å². The molecule has 1 aromatic heterocycles. The topological polar surface area (TPSA) is 68.5 Å². The van der Waals surface area contributed by atoms with Gasteiger partial charge in [-0.3, -0.25) is 4.79 Å². The van der Waals surface area contributed by atoms with Crippen molar-refractivity contribution in [2.24, 2.45) is 0 Å². The summed E-state index contributed by atoms with van der Waals surface area (Å²) in [6.07, 6.45) is -0.915. The van der Waals surface area contributed by atoms with Gasteiger partial charge in [-0.2, -0.15) is 0 Å². The van der Waals surface area contributed by atoms with Gasteiger partial charge in [-0.25, -0.2) is 4.79 Å². The van der Waals surface area contributed by atoms with E-state index in [1.54, 1.807) is 26.8 Å². The van der Waals surface area contributed by atoms with E-state index in [1.165, 1.54) is 0 Å². The van der Waals surface area contributed by atoms with Gasteiger partial charge in [-0.15, -0.1) is 0 Å². The second kappa shape index (κ2) is 7.55. The molecule has 1 atom stereocenters. The van der Waals surface area contributed by atoms with Crippen LogP contribution in [-0.4, -0.2) is 18.0 Å². The Kier molecular flexibility index (Phi) is 5.67. The van der Waals surface area contributed by atoms with Crippen LogP contribution >= 0.6 is 0 Å². The number of ether oxygens (including phenoxy) is 1. The van der Waals surface area contributed by atoms with Crippen LogP contribution in [0.5, 0.6) is 0 Å². The number of rotatable bonds is 5. The molecule has 0 fully saturated rings. The Morgan fingerprint density at radius 1 is 1.12 bits per heavy atom. The number of benzene rings is 1. The monoisotopic (exact) mass is 343 g/mol. The molecule has 1 heterocycles. The molecule has 0 unspecified atom stereocenters. The maximum atomic E-state index is 12.5. The first-order chi connectivity index (χ1) is 11.7. The van der Waals surface area contributed by atoms with Crippen LogP contribution in [0.15, 0.2) is 28.7 Å². The average Bonchev–Trinajstić information content (AvgIpc) is 2.87. The first-order valence-corrected chi connectivity index (χ1v) is 8.39. The Bertz CT molecular complexity index is 789. The van der Waals surface area contributed by atoms with E-state index in [-0.39, 0.29) is 11.8 Å². The van der Waals surface area contributed by atoms with Gasteiger partial charge in [0.15, 0.2) is 6.10 Å². The van der Waals surface area contributed by atoms with Crippen LogP contribution in [0, 0.1) is 20.8 Å². The summed E-state index contributed by atoms with van der Waals surface area (Å²) in [5.74, 6) is 0.456. The maximum Gasteiger partial charge on any atom is 0.342 e. The van der Waals surface area contributed by atoms with E-state index in [4.69, 9.17) is 9.15 Å². The van der Waals surface area contributed by atoms with Crippen LogP contribution in [-0.2, 0) is 9.53 Å². The predicted octanol–water partition coefficient (Wildman–Crippen LogP) is 4.51. The van der Waals surface area contributed by atoms with Crippen LogP contribution in [0.4, 0.5) is 5.69 Å². The lowest BCUT2D eigenvalue weighted by molar-refractivity contribution is -0.123. The molecular weight excluding hydrogens is 318 g/mol. The van der Waals surface area contributed by atoms with Crippen LogP contribution in [0.3, 0.4) is 0 Å². The number of furan rings is 1. The van der Waals surface area contributed by atoms with Gasteiger partial charge in [0.1, 0.15) is 17.1 Å². The number of esters is 1. The van der Waals surface area contributed by atoms with E-state index in [0.29, 0.717) is 17.1 Å². The van der Waals surface area contributed by atoms with Gasteiger partial charge in [0.25, 0.3) is 5.91 Å². The highest BCUT2D eigenvalue weighted by Gasteiger charge is 2.23. The molecule has 0 aliphatic heterocycles. The molecule has 0 aliphatic rings. The predicted molar refractivity (Wildman–Crippen MR) is 97.0 cm³/mol. The molecule has 0 spiro atoms. The van der Waals surface area contributed by atoms with E-state index in [2.05, 4.69) is 19.2 Å². The number of hydrogen-bond acceptors (Lipinski definition) is 4. The highest BCUT2D eigenvalue weighted by atomic mass is 16.5. The molecule has 5 nitrogen and oxygen atoms in total. The molecule has 2 rings (SSSR count). The van der Waals surface area contributed by atoms with E-state index >= 15 is 0 Å². The zero-order valence-electron chi connectivity index (χ0n) is 15.6. The van der Waals surface area contributed by atoms with E-state index in [0.717, 1.165) is 16.8 Å². The Morgan fingerprint density at radius 2 is 1.80 bits per heavy atom. The van der Waals surface area contributed by atoms with Gasteiger partial charge >= 0.3 is 5.97 Å². The van der Waals surface area contributed by atoms with Crippen molar-refractivity contribution >= 4 is 17.6 Å². The van der Waals surface area contributed by atoms with E-state index in [9.17, 15) is 9.59 Å². The number of hydrogen-bond donors (Lipinski definition) is 1. The SMILES string of the molecule is Cc1cc(C(=O)O[C@@H](C)C(=O)Nc2c(C)cccc2C(C)C)c(C)o1. The van der Waals surface area contributed by atoms with Crippen LogP contribution in [0.2, 0.25) is 0 Å². The summed E-state index contributed by atoms with van der Waals surface area (Å²) in [6.45, 7) is 11.1. The summed E-state index contributed by atoms with van der Waals surface area (Å²) < 4.78 is 10.6. The second-order valence-electron chi connectivity index (χ2n) is 6.56. The van der Waals surface area contributed by atoms with Crippen molar-refractivity contribution in [3.63, 3.8) is 0 Å². The lowest BCUT2D eigenvalue weighted by Gasteiger charge is -2.19. The van der Waals surface area contributed by atoms with Gasteiger partial charge < -0.3 is 14.5 Å². The number of nitrogens with one attached hydrogen (secondary N) is 1. The molecule has 1 aromatic carbocycles. The van der Waals surface area contributed by atoms with Gasteiger partial charge in [0.05, 0.1) is 0 Å². The number of amides is 1. The van der Waals surface area contributed by atoms with Gasteiger partial charge in [0, 0.05) is 5.69 Å². The molecule has 0 aliphatic carbocycles. The molecule has 0 saturated heterocycles.